The second-order valence-corrected chi connectivity index (χ2v) is 9.06. The Hall–Kier alpha value is -4.37. The highest BCUT2D eigenvalue weighted by molar-refractivity contribution is 6.05. The number of nitrogens with zero attached hydrogens (tertiary/aromatic N) is 2. The molecule has 0 bridgehead atoms. The number of rotatable bonds is 7. The molecule has 1 fully saturated rings. The molecule has 0 saturated heterocycles. The molecule has 35 heavy (non-hydrogen) atoms. The van der Waals surface area contributed by atoms with E-state index in [4.69, 9.17) is 0 Å². The minimum atomic E-state index is -0.175. The van der Waals surface area contributed by atoms with Gasteiger partial charge in [0.15, 0.2) is 0 Å². The highest BCUT2D eigenvalue weighted by Crippen LogP contribution is 2.38. The van der Waals surface area contributed by atoms with Crippen molar-refractivity contribution in [1.82, 2.24) is 4.98 Å². The number of anilines is 4. The van der Waals surface area contributed by atoms with Crippen molar-refractivity contribution in [1.29, 1.82) is 5.26 Å². The molecule has 3 N–H and O–H groups in total. The van der Waals surface area contributed by atoms with E-state index in [-0.39, 0.29) is 11.4 Å². The Morgan fingerprint density at radius 2 is 1.80 bits per heavy atom. The number of benzene rings is 3. The summed E-state index contributed by atoms with van der Waals surface area (Å²) < 4.78 is 0. The van der Waals surface area contributed by atoms with Crippen LogP contribution in [-0.4, -0.2) is 16.4 Å². The van der Waals surface area contributed by atoms with Gasteiger partial charge in [-0.05, 0) is 86.3 Å². The van der Waals surface area contributed by atoms with E-state index in [1.165, 1.54) is 19.3 Å². The van der Waals surface area contributed by atoms with Crippen LogP contribution in [0, 0.1) is 11.3 Å². The predicted octanol–water partition coefficient (Wildman–Crippen LogP) is 6.85. The second kappa shape index (κ2) is 9.47. The molecule has 4 aromatic rings. The van der Waals surface area contributed by atoms with E-state index in [2.05, 4.69) is 33.9 Å². The number of hydrogen-bond acceptors (Lipinski definition) is 5. The molecular formula is C29H27N5O. The van der Waals surface area contributed by atoms with Crippen molar-refractivity contribution >= 4 is 39.6 Å². The Morgan fingerprint density at radius 3 is 2.57 bits per heavy atom. The van der Waals surface area contributed by atoms with Crippen molar-refractivity contribution < 1.29 is 4.79 Å². The zero-order valence-corrected chi connectivity index (χ0v) is 19.6. The van der Waals surface area contributed by atoms with Crippen molar-refractivity contribution in [2.75, 3.05) is 16.0 Å². The van der Waals surface area contributed by atoms with Gasteiger partial charge in [-0.1, -0.05) is 19.1 Å². The van der Waals surface area contributed by atoms with Crippen LogP contribution in [0.1, 0.15) is 48.5 Å². The van der Waals surface area contributed by atoms with Crippen molar-refractivity contribution in [3.63, 3.8) is 0 Å². The van der Waals surface area contributed by atoms with Crippen LogP contribution in [0.5, 0.6) is 0 Å². The number of pyridine rings is 1. The smallest absolute Gasteiger partial charge is 0.255 e. The maximum absolute atomic E-state index is 13.0. The molecule has 1 amide bonds. The normalized spacial score (nSPS) is 13.9. The van der Waals surface area contributed by atoms with Crippen LogP contribution in [0.4, 0.5) is 22.7 Å². The summed E-state index contributed by atoms with van der Waals surface area (Å²) >= 11 is 0. The molecule has 5 rings (SSSR count). The number of nitrogens with one attached hydrogen (secondary N) is 3. The van der Waals surface area contributed by atoms with Gasteiger partial charge >= 0.3 is 0 Å². The van der Waals surface area contributed by atoms with Gasteiger partial charge in [-0.15, -0.1) is 0 Å². The van der Waals surface area contributed by atoms with Gasteiger partial charge in [0.25, 0.3) is 5.91 Å². The van der Waals surface area contributed by atoms with E-state index in [0.717, 1.165) is 40.1 Å². The molecule has 1 aromatic heterocycles. The molecule has 1 aliphatic rings. The van der Waals surface area contributed by atoms with Crippen molar-refractivity contribution in [3.8, 4) is 6.07 Å². The van der Waals surface area contributed by atoms with Gasteiger partial charge in [0.2, 0.25) is 0 Å². The molecule has 174 valence electrons. The minimum absolute atomic E-state index is 0.175. The fraction of sp³-hybridized carbons (Fsp3) is 0.207. The summed E-state index contributed by atoms with van der Waals surface area (Å²) in [7, 11) is 0. The first-order valence-electron chi connectivity index (χ1n) is 11.9. The molecule has 1 heterocycles. The third-order valence-electron chi connectivity index (χ3n) is 6.79. The summed E-state index contributed by atoms with van der Waals surface area (Å²) in [4.78, 5) is 17.4. The van der Waals surface area contributed by atoms with Crippen LogP contribution in [0.3, 0.4) is 0 Å². The highest BCUT2D eigenvalue weighted by atomic mass is 16.1. The number of hydrogen-bond donors (Lipinski definition) is 3. The van der Waals surface area contributed by atoms with Gasteiger partial charge in [0, 0.05) is 45.4 Å². The number of carbonyl (C=O) groups is 1. The largest absolute Gasteiger partial charge is 0.380 e. The number of nitriles is 1. The standard InChI is InChI=1S/C29H27N5O/c1-2-29(13-5-14-29)34-24-9-4-8-23(18-24)33-28(35)21-6-3-7-22(17-21)32-27-12-15-31-26-11-10-20(19-30)16-25(26)27/h3-4,6-12,15-18,34H,2,5,13-14H2,1H3,(H,31,32)(H,33,35). The minimum Gasteiger partial charge on any atom is -0.380 e. The fourth-order valence-electron chi connectivity index (χ4n) is 4.57. The zero-order valence-electron chi connectivity index (χ0n) is 19.6. The maximum Gasteiger partial charge on any atom is 0.255 e. The third kappa shape index (κ3) is 4.80. The van der Waals surface area contributed by atoms with E-state index in [0.29, 0.717) is 11.1 Å². The first-order chi connectivity index (χ1) is 17.1. The number of amides is 1. The molecule has 0 radical (unpaired) electrons. The molecule has 0 spiro atoms. The van der Waals surface area contributed by atoms with Crippen molar-refractivity contribution in [2.45, 2.75) is 38.1 Å². The van der Waals surface area contributed by atoms with Crippen LogP contribution in [0.2, 0.25) is 0 Å². The van der Waals surface area contributed by atoms with Crippen LogP contribution < -0.4 is 16.0 Å². The van der Waals surface area contributed by atoms with Crippen LogP contribution in [-0.2, 0) is 0 Å². The summed E-state index contributed by atoms with van der Waals surface area (Å²) in [6.45, 7) is 2.22. The zero-order chi connectivity index (χ0) is 24.3. The summed E-state index contributed by atoms with van der Waals surface area (Å²) in [5.41, 5.74) is 5.49. The third-order valence-corrected chi connectivity index (χ3v) is 6.79. The SMILES string of the molecule is CCC1(Nc2cccc(NC(=O)c3cccc(Nc4ccnc5ccc(C#N)cc45)c3)c2)CCC1. The van der Waals surface area contributed by atoms with E-state index < -0.39 is 0 Å². The fourth-order valence-corrected chi connectivity index (χ4v) is 4.57. The van der Waals surface area contributed by atoms with Crippen LogP contribution in [0.15, 0.2) is 79.0 Å². The maximum atomic E-state index is 13.0. The van der Waals surface area contributed by atoms with Crippen molar-refractivity contribution in [3.05, 3.63) is 90.1 Å². The lowest BCUT2D eigenvalue weighted by Gasteiger charge is -2.43. The lowest BCUT2D eigenvalue weighted by Crippen LogP contribution is -2.44. The molecule has 3 aromatic carbocycles. The van der Waals surface area contributed by atoms with Crippen molar-refractivity contribution in [2.24, 2.45) is 0 Å². The molecule has 6 heteroatoms. The lowest BCUT2D eigenvalue weighted by atomic mass is 9.74. The monoisotopic (exact) mass is 461 g/mol. The molecule has 0 unspecified atom stereocenters. The average Bonchev–Trinajstić information content (AvgIpc) is 2.86. The molecule has 0 aliphatic heterocycles. The van der Waals surface area contributed by atoms with Gasteiger partial charge in [0.1, 0.15) is 0 Å². The first kappa shape index (κ1) is 22.4. The van der Waals surface area contributed by atoms with E-state index >= 15 is 0 Å². The van der Waals surface area contributed by atoms with Gasteiger partial charge < -0.3 is 16.0 Å². The van der Waals surface area contributed by atoms with Gasteiger partial charge in [-0.25, -0.2) is 0 Å². The topological polar surface area (TPSA) is 89.8 Å². The lowest BCUT2D eigenvalue weighted by molar-refractivity contribution is 0.102. The Bertz CT molecular complexity index is 1430. The molecule has 1 saturated carbocycles. The van der Waals surface area contributed by atoms with Gasteiger partial charge in [-0.3, -0.25) is 9.78 Å². The van der Waals surface area contributed by atoms with Crippen LogP contribution >= 0.6 is 0 Å². The summed E-state index contributed by atoms with van der Waals surface area (Å²) in [5, 5.41) is 20.2. The highest BCUT2D eigenvalue weighted by Gasteiger charge is 2.34. The van der Waals surface area contributed by atoms with E-state index in [1.54, 1.807) is 18.3 Å². The van der Waals surface area contributed by atoms with E-state index in [9.17, 15) is 10.1 Å². The van der Waals surface area contributed by atoms with Gasteiger partial charge in [-0.2, -0.15) is 5.26 Å². The Morgan fingerprint density at radius 1 is 1.00 bits per heavy atom. The second-order valence-electron chi connectivity index (χ2n) is 9.06. The summed E-state index contributed by atoms with van der Waals surface area (Å²) in [6.07, 6.45) is 6.44. The Kier molecular flexibility index (Phi) is 6.07. The molecular weight excluding hydrogens is 434 g/mol. The number of aromatic nitrogens is 1. The number of fused-ring (bicyclic) bond motifs is 1. The first-order valence-corrected chi connectivity index (χ1v) is 11.9. The number of carbonyl (C=O) groups excluding carboxylic acids is 1. The van der Waals surface area contributed by atoms with E-state index in [1.807, 2.05) is 60.7 Å². The van der Waals surface area contributed by atoms with Crippen LogP contribution in [0.25, 0.3) is 10.9 Å². The average molecular weight is 462 g/mol. The Balaban J connectivity index is 1.33. The summed E-state index contributed by atoms with van der Waals surface area (Å²) in [6, 6.07) is 24.7. The Labute approximate surface area is 205 Å². The molecule has 6 nitrogen and oxygen atoms in total. The molecule has 1 aliphatic carbocycles. The van der Waals surface area contributed by atoms with Gasteiger partial charge in [0.05, 0.1) is 17.1 Å². The molecule has 0 atom stereocenters. The predicted molar refractivity (Wildman–Crippen MR) is 141 cm³/mol. The summed E-state index contributed by atoms with van der Waals surface area (Å²) in [5.74, 6) is -0.175. The quantitative estimate of drug-likeness (QED) is 0.280.